The molecule has 3 heteroatoms. The lowest BCUT2D eigenvalue weighted by molar-refractivity contribution is -0.105. The fourth-order valence-electron chi connectivity index (χ4n) is 5.25. The van der Waals surface area contributed by atoms with Gasteiger partial charge in [0.1, 0.15) is 0 Å². The summed E-state index contributed by atoms with van der Waals surface area (Å²) >= 11 is 0. The van der Waals surface area contributed by atoms with Crippen LogP contribution in [-0.2, 0) is 17.6 Å². The lowest BCUT2D eigenvalue weighted by Crippen LogP contribution is -2.36. The highest BCUT2D eigenvalue weighted by Crippen LogP contribution is 2.48. The Morgan fingerprint density at radius 3 is 2.77 bits per heavy atom. The summed E-state index contributed by atoms with van der Waals surface area (Å²) in [5.41, 5.74) is 5.26. The molecule has 0 spiro atoms. The van der Waals surface area contributed by atoms with Crippen molar-refractivity contribution in [2.75, 3.05) is 18.4 Å². The molecule has 26 heavy (non-hydrogen) atoms. The molecule has 1 heterocycles. The van der Waals surface area contributed by atoms with Gasteiger partial charge in [0.05, 0.1) is 0 Å². The van der Waals surface area contributed by atoms with Crippen LogP contribution < -0.4 is 5.32 Å². The van der Waals surface area contributed by atoms with Gasteiger partial charge in [-0.05, 0) is 60.9 Å². The molecule has 1 aliphatic carbocycles. The standard InChI is InChI=1S/C23H28N2O/c1-2-13-25-15-19(14-17-7-4-3-5-8-17)23-21(25)12-11-18-9-6-10-20(22(18)23)24-16-26/h3-10,16,19,21,23H,2,11-15H2,1H3,(H,24,26)/t19-,21?,23+/m0/s1. The number of anilines is 1. The average molecular weight is 348 g/mol. The van der Waals surface area contributed by atoms with Gasteiger partial charge >= 0.3 is 0 Å². The number of aryl methyl sites for hydroxylation is 1. The molecule has 1 aliphatic heterocycles. The summed E-state index contributed by atoms with van der Waals surface area (Å²) in [4.78, 5) is 13.9. The van der Waals surface area contributed by atoms with E-state index in [1.54, 1.807) is 0 Å². The monoisotopic (exact) mass is 348 g/mol. The minimum atomic E-state index is 0.508. The van der Waals surface area contributed by atoms with Crippen LogP contribution in [0, 0.1) is 5.92 Å². The van der Waals surface area contributed by atoms with Gasteiger partial charge in [-0.2, -0.15) is 0 Å². The molecular formula is C23H28N2O. The van der Waals surface area contributed by atoms with Crippen molar-refractivity contribution in [1.29, 1.82) is 0 Å². The number of likely N-dealkylation sites (tertiary alicyclic amines) is 1. The molecular weight excluding hydrogens is 320 g/mol. The van der Waals surface area contributed by atoms with Gasteiger partial charge in [0.15, 0.2) is 0 Å². The van der Waals surface area contributed by atoms with Gasteiger partial charge in [-0.1, -0.05) is 49.4 Å². The molecule has 0 radical (unpaired) electrons. The fraction of sp³-hybridized carbons (Fsp3) is 0.435. The number of hydrogen-bond donors (Lipinski definition) is 1. The second kappa shape index (κ2) is 7.63. The van der Waals surface area contributed by atoms with Crippen molar-refractivity contribution in [3.05, 3.63) is 65.2 Å². The Kier molecular flexibility index (Phi) is 5.07. The first-order valence-corrected chi connectivity index (χ1v) is 9.91. The molecule has 2 aromatic carbocycles. The first-order chi connectivity index (χ1) is 12.8. The Labute approximate surface area is 156 Å². The largest absolute Gasteiger partial charge is 0.328 e. The zero-order chi connectivity index (χ0) is 17.9. The van der Waals surface area contributed by atoms with Crippen molar-refractivity contribution in [2.45, 2.75) is 44.6 Å². The average Bonchev–Trinajstić information content (AvgIpc) is 3.01. The Balaban J connectivity index is 1.72. The van der Waals surface area contributed by atoms with Crippen LogP contribution in [-0.4, -0.2) is 30.4 Å². The first-order valence-electron chi connectivity index (χ1n) is 9.91. The van der Waals surface area contributed by atoms with Crippen molar-refractivity contribution in [3.63, 3.8) is 0 Å². The molecule has 1 N–H and O–H groups in total. The van der Waals surface area contributed by atoms with Crippen molar-refractivity contribution >= 4 is 12.1 Å². The maximum atomic E-state index is 11.2. The molecule has 0 bridgehead atoms. The summed E-state index contributed by atoms with van der Waals surface area (Å²) in [7, 11) is 0. The van der Waals surface area contributed by atoms with Gasteiger partial charge in [-0.25, -0.2) is 0 Å². The highest BCUT2D eigenvalue weighted by Gasteiger charge is 2.45. The molecule has 0 aromatic heterocycles. The van der Waals surface area contributed by atoms with Crippen LogP contribution in [0.3, 0.4) is 0 Å². The van der Waals surface area contributed by atoms with Gasteiger partial charge in [0.2, 0.25) is 6.41 Å². The molecule has 4 rings (SSSR count). The molecule has 136 valence electrons. The maximum absolute atomic E-state index is 11.2. The number of hydrogen-bond acceptors (Lipinski definition) is 2. The number of amides is 1. The van der Waals surface area contributed by atoms with Gasteiger partial charge in [-0.3, -0.25) is 9.69 Å². The first kappa shape index (κ1) is 17.3. The quantitative estimate of drug-likeness (QED) is 0.792. The lowest BCUT2D eigenvalue weighted by atomic mass is 9.73. The Morgan fingerprint density at radius 1 is 1.15 bits per heavy atom. The number of carbonyl (C=O) groups is 1. The number of nitrogens with one attached hydrogen (secondary N) is 1. The van der Waals surface area contributed by atoms with Gasteiger partial charge < -0.3 is 5.32 Å². The van der Waals surface area contributed by atoms with E-state index in [9.17, 15) is 4.79 Å². The molecule has 2 aromatic rings. The van der Waals surface area contributed by atoms with Gasteiger partial charge in [0.25, 0.3) is 0 Å². The minimum absolute atomic E-state index is 0.508. The summed E-state index contributed by atoms with van der Waals surface area (Å²) in [6.45, 7) is 4.60. The number of carbonyl (C=O) groups excluding carboxylic acids is 1. The summed E-state index contributed by atoms with van der Waals surface area (Å²) in [5.74, 6) is 1.11. The van der Waals surface area contributed by atoms with E-state index in [-0.39, 0.29) is 0 Å². The Bertz CT molecular complexity index is 758. The second-order valence-corrected chi connectivity index (χ2v) is 7.72. The predicted octanol–water partition coefficient (Wildman–Crippen LogP) is 4.24. The molecule has 3 atom stereocenters. The highest BCUT2D eigenvalue weighted by atomic mass is 16.1. The predicted molar refractivity (Wildman–Crippen MR) is 106 cm³/mol. The molecule has 2 aliphatic rings. The third-order valence-electron chi connectivity index (χ3n) is 6.17. The van der Waals surface area contributed by atoms with Gasteiger partial charge in [0, 0.05) is 24.2 Å². The topological polar surface area (TPSA) is 32.3 Å². The maximum Gasteiger partial charge on any atom is 0.211 e. The van der Waals surface area contributed by atoms with Crippen LogP contribution in [0.2, 0.25) is 0 Å². The number of rotatable bonds is 6. The van der Waals surface area contributed by atoms with Crippen molar-refractivity contribution < 1.29 is 4.79 Å². The number of benzene rings is 2. The molecule has 1 saturated heterocycles. The third-order valence-corrected chi connectivity index (χ3v) is 6.17. The van der Waals surface area contributed by atoms with Crippen LogP contribution in [0.1, 0.15) is 42.4 Å². The van der Waals surface area contributed by atoms with E-state index < -0.39 is 0 Å². The minimum Gasteiger partial charge on any atom is -0.328 e. The van der Waals surface area contributed by atoms with Gasteiger partial charge in [-0.15, -0.1) is 0 Å². The normalized spacial score (nSPS) is 24.7. The molecule has 3 nitrogen and oxygen atoms in total. The second-order valence-electron chi connectivity index (χ2n) is 7.72. The number of fused-ring (bicyclic) bond motifs is 3. The molecule has 1 unspecified atom stereocenters. The molecule has 1 fully saturated rings. The summed E-state index contributed by atoms with van der Waals surface area (Å²) in [5, 5.41) is 2.98. The summed E-state index contributed by atoms with van der Waals surface area (Å²) in [6, 6.07) is 17.9. The number of nitrogens with zero attached hydrogens (tertiary/aromatic N) is 1. The zero-order valence-electron chi connectivity index (χ0n) is 15.5. The summed E-state index contributed by atoms with van der Waals surface area (Å²) in [6.07, 6.45) is 5.47. The van der Waals surface area contributed by atoms with Crippen molar-refractivity contribution in [2.24, 2.45) is 5.92 Å². The smallest absolute Gasteiger partial charge is 0.211 e. The van der Waals surface area contributed by atoms with Crippen LogP contribution in [0.4, 0.5) is 5.69 Å². The van der Waals surface area contributed by atoms with Crippen molar-refractivity contribution in [3.8, 4) is 0 Å². The van der Waals surface area contributed by atoms with E-state index in [1.165, 1.54) is 36.1 Å². The highest BCUT2D eigenvalue weighted by molar-refractivity contribution is 5.75. The van der Waals surface area contributed by atoms with E-state index in [4.69, 9.17) is 0 Å². The van der Waals surface area contributed by atoms with E-state index in [0.29, 0.717) is 17.9 Å². The Morgan fingerprint density at radius 2 is 2.00 bits per heavy atom. The SMILES string of the molecule is CCCN1C[C@H](Cc2ccccc2)[C@H]2c3c(cccc3NC=O)CCC21. The Hall–Kier alpha value is -2.13. The molecule has 0 saturated carbocycles. The molecule has 1 amide bonds. The van der Waals surface area contributed by atoms with Crippen LogP contribution in [0.5, 0.6) is 0 Å². The van der Waals surface area contributed by atoms with Crippen LogP contribution in [0.25, 0.3) is 0 Å². The van der Waals surface area contributed by atoms with E-state index >= 15 is 0 Å². The van der Waals surface area contributed by atoms with Crippen LogP contribution in [0.15, 0.2) is 48.5 Å². The van der Waals surface area contributed by atoms with E-state index in [2.05, 4.69) is 65.7 Å². The van der Waals surface area contributed by atoms with Crippen LogP contribution >= 0.6 is 0 Å². The van der Waals surface area contributed by atoms with E-state index in [1.807, 2.05) is 0 Å². The fourth-order valence-corrected chi connectivity index (χ4v) is 5.25. The van der Waals surface area contributed by atoms with Crippen molar-refractivity contribution in [1.82, 2.24) is 4.90 Å². The lowest BCUT2D eigenvalue weighted by Gasteiger charge is -2.35. The zero-order valence-corrected chi connectivity index (χ0v) is 15.5. The van der Waals surface area contributed by atoms with E-state index in [0.717, 1.165) is 31.5 Å². The summed E-state index contributed by atoms with van der Waals surface area (Å²) < 4.78 is 0. The third kappa shape index (κ3) is 3.16.